The highest BCUT2D eigenvalue weighted by molar-refractivity contribution is 4.83. The van der Waals surface area contributed by atoms with Gasteiger partial charge in [0.15, 0.2) is 0 Å². The van der Waals surface area contributed by atoms with Gasteiger partial charge in [-0.1, -0.05) is 40.5 Å². The van der Waals surface area contributed by atoms with Gasteiger partial charge in [0, 0.05) is 6.42 Å². The van der Waals surface area contributed by atoms with Crippen LogP contribution < -0.4 is 0 Å². The van der Waals surface area contributed by atoms with Gasteiger partial charge in [-0.25, -0.2) is 0 Å². The van der Waals surface area contributed by atoms with Gasteiger partial charge in [0.2, 0.25) is 0 Å². The summed E-state index contributed by atoms with van der Waals surface area (Å²) in [5, 5.41) is 19.3. The zero-order valence-corrected chi connectivity index (χ0v) is 14.9. The third-order valence-corrected chi connectivity index (χ3v) is 5.35. The van der Waals surface area contributed by atoms with Gasteiger partial charge in [0.25, 0.3) is 0 Å². The smallest absolute Gasteiger partial charge is 0.0632 e. The molecular formula is C18H36O4. The van der Waals surface area contributed by atoms with Crippen LogP contribution in [-0.4, -0.2) is 48.8 Å². The van der Waals surface area contributed by atoms with Crippen molar-refractivity contribution < 1.29 is 19.7 Å². The maximum absolute atomic E-state index is 9.66. The first-order valence-corrected chi connectivity index (χ1v) is 8.95. The minimum Gasteiger partial charge on any atom is -0.396 e. The van der Waals surface area contributed by atoms with Gasteiger partial charge in [-0.15, -0.1) is 0 Å². The number of aliphatic hydroxyl groups excluding tert-OH is 2. The van der Waals surface area contributed by atoms with E-state index in [1.807, 2.05) is 0 Å². The molecule has 4 heteroatoms. The number of hydrogen-bond acceptors (Lipinski definition) is 4. The van der Waals surface area contributed by atoms with Crippen LogP contribution in [0.1, 0.15) is 59.8 Å². The Balaban J connectivity index is 2.73. The molecule has 0 amide bonds. The van der Waals surface area contributed by atoms with Crippen LogP contribution in [0.4, 0.5) is 0 Å². The minimum absolute atomic E-state index is 0.102. The SMILES string of the molecule is CCC(C)CCC1CC(C(C)CC)OCC(CO)(CO)CO1. The molecule has 4 unspecified atom stereocenters. The van der Waals surface area contributed by atoms with Crippen LogP contribution in [0.5, 0.6) is 0 Å². The molecule has 0 aliphatic carbocycles. The monoisotopic (exact) mass is 316 g/mol. The molecule has 1 aliphatic heterocycles. The van der Waals surface area contributed by atoms with E-state index in [4.69, 9.17) is 9.47 Å². The predicted octanol–water partition coefficient (Wildman–Crippen LogP) is 3.00. The van der Waals surface area contributed by atoms with Crippen molar-refractivity contribution in [2.75, 3.05) is 26.4 Å². The van der Waals surface area contributed by atoms with Crippen molar-refractivity contribution in [2.24, 2.45) is 17.3 Å². The lowest BCUT2D eigenvalue weighted by atomic mass is 9.88. The number of rotatable bonds is 8. The summed E-state index contributed by atoms with van der Waals surface area (Å²) in [7, 11) is 0. The van der Waals surface area contributed by atoms with Crippen molar-refractivity contribution >= 4 is 0 Å². The topological polar surface area (TPSA) is 58.9 Å². The predicted molar refractivity (Wildman–Crippen MR) is 88.8 cm³/mol. The maximum Gasteiger partial charge on any atom is 0.0632 e. The molecule has 0 aromatic rings. The van der Waals surface area contributed by atoms with E-state index < -0.39 is 5.41 Å². The summed E-state index contributed by atoms with van der Waals surface area (Å²) < 4.78 is 12.2. The van der Waals surface area contributed by atoms with Crippen molar-refractivity contribution in [3.8, 4) is 0 Å². The molecule has 0 aromatic carbocycles. The summed E-state index contributed by atoms with van der Waals surface area (Å²) in [6.45, 7) is 9.41. The van der Waals surface area contributed by atoms with Gasteiger partial charge in [0.05, 0.1) is 44.1 Å². The molecule has 2 N–H and O–H groups in total. The molecule has 0 radical (unpaired) electrons. The maximum atomic E-state index is 9.66. The molecule has 0 bridgehead atoms. The Bertz CT molecular complexity index is 291. The fourth-order valence-corrected chi connectivity index (χ4v) is 2.78. The third-order valence-electron chi connectivity index (χ3n) is 5.35. The standard InChI is InChI=1S/C18H36O4/c1-5-14(3)7-8-16-9-17(15(4)6-2)22-13-18(10-19,11-20)12-21-16/h14-17,19-20H,5-13H2,1-4H3. The molecule has 1 fully saturated rings. The van der Waals surface area contributed by atoms with E-state index >= 15 is 0 Å². The van der Waals surface area contributed by atoms with Gasteiger partial charge in [-0.05, 0) is 24.7 Å². The Morgan fingerprint density at radius 3 is 2.23 bits per heavy atom. The Kier molecular flexibility index (Phi) is 8.91. The first-order valence-electron chi connectivity index (χ1n) is 8.95. The minimum atomic E-state index is -0.666. The second kappa shape index (κ2) is 9.86. The highest BCUT2D eigenvalue weighted by Crippen LogP contribution is 2.29. The van der Waals surface area contributed by atoms with E-state index in [9.17, 15) is 10.2 Å². The fourth-order valence-electron chi connectivity index (χ4n) is 2.78. The second-order valence-electron chi connectivity index (χ2n) is 7.31. The number of ether oxygens (including phenoxy) is 2. The fraction of sp³-hybridized carbons (Fsp3) is 1.00. The van der Waals surface area contributed by atoms with Crippen LogP contribution in [0.2, 0.25) is 0 Å². The number of aliphatic hydroxyl groups is 2. The molecule has 0 aromatic heterocycles. The third kappa shape index (κ3) is 5.80. The van der Waals surface area contributed by atoms with Gasteiger partial charge in [-0.3, -0.25) is 0 Å². The Morgan fingerprint density at radius 2 is 1.68 bits per heavy atom. The van der Waals surface area contributed by atoms with Crippen LogP contribution >= 0.6 is 0 Å². The summed E-state index contributed by atoms with van der Waals surface area (Å²) in [5.41, 5.74) is -0.666. The summed E-state index contributed by atoms with van der Waals surface area (Å²) in [4.78, 5) is 0. The van der Waals surface area contributed by atoms with Gasteiger partial charge < -0.3 is 19.7 Å². The first kappa shape index (κ1) is 19.9. The first-order chi connectivity index (χ1) is 10.5. The van der Waals surface area contributed by atoms with E-state index in [0.717, 1.165) is 25.7 Å². The molecule has 132 valence electrons. The molecule has 1 rings (SSSR count). The van der Waals surface area contributed by atoms with Crippen LogP contribution in [0.3, 0.4) is 0 Å². The van der Waals surface area contributed by atoms with Gasteiger partial charge >= 0.3 is 0 Å². The lowest BCUT2D eigenvalue weighted by Gasteiger charge is -2.38. The highest BCUT2D eigenvalue weighted by atomic mass is 16.5. The van der Waals surface area contributed by atoms with E-state index in [2.05, 4.69) is 27.7 Å². The average Bonchev–Trinajstić information content (AvgIpc) is 2.54. The quantitative estimate of drug-likeness (QED) is 0.723. The van der Waals surface area contributed by atoms with Crippen LogP contribution in [0.15, 0.2) is 0 Å². The lowest BCUT2D eigenvalue weighted by molar-refractivity contribution is -0.155. The van der Waals surface area contributed by atoms with Crippen LogP contribution in [0.25, 0.3) is 0 Å². The normalized spacial score (nSPS) is 28.6. The zero-order valence-electron chi connectivity index (χ0n) is 14.9. The van der Waals surface area contributed by atoms with E-state index in [0.29, 0.717) is 25.0 Å². The van der Waals surface area contributed by atoms with Gasteiger partial charge in [0.1, 0.15) is 0 Å². The largest absolute Gasteiger partial charge is 0.396 e. The zero-order chi connectivity index (χ0) is 16.6. The van der Waals surface area contributed by atoms with E-state index in [1.54, 1.807) is 0 Å². The molecule has 0 saturated carbocycles. The molecule has 1 aliphatic rings. The Labute approximate surface area is 136 Å². The molecule has 1 heterocycles. The van der Waals surface area contributed by atoms with Gasteiger partial charge in [-0.2, -0.15) is 0 Å². The highest BCUT2D eigenvalue weighted by Gasteiger charge is 2.36. The van der Waals surface area contributed by atoms with Crippen molar-refractivity contribution in [1.82, 2.24) is 0 Å². The lowest BCUT2D eigenvalue weighted by Crippen LogP contribution is -2.46. The number of hydrogen-bond donors (Lipinski definition) is 2. The van der Waals surface area contributed by atoms with Crippen molar-refractivity contribution in [1.29, 1.82) is 0 Å². The second-order valence-corrected chi connectivity index (χ2v) is 7.31. The molecule has 22 heavy (non-hydrogen) atoms. The van der Waals surface area contributed by atoms with Crippen molar-refractivity contribution in [3.05, 3.63) is 0 Å². The Morgan fingerprint density at radius 1 is 1.05 bits per heavy atom. The van der Waals surface area contributed by atoms with Crippen LogP contribution in [-0.2, 0) is 9.47 Å². The van der Waals surface area contributed by atoms with E-state index in [-0.39, 0.29) is 25.4 Å². The molecule has 0 spiro atoms. The van der Waals surface area contributed by atoms with E-state index in [1.165, 1.54) is 6.42 Å². The van der Waals surface area contributed by atoms with Crippen molar-refractivity contribution in [2.45, 2.75) is 72.0 Å². The summed E-state index contributed by atoms with van der Waals surface area (Å²) in [6, 6.07) is 0. The molecular weight excluding hydrogens is 280 g/mol. The molecule has 4 atom stereocenters. The molecule has 1 saturated heterocycles. The molecule has 4 nitrogen and oxygen atoms in total. The summed E-state index contributed by atoms with van der Waals surface area (Å²) in [6.07, 6.45) is 5.65. The average molecular weight is 316 g/mol. The van der Waals surface area contributed by atoms with Crippen LogP contribution in [0, 0.1) is 17.3 Å². The van der Waals surface area contributed by atoms with Crippen molar-refractivity contribution in [3.63, 3.8) is 0 Å². The summed E-state index contributed by atoms with van der Waals surface area (Å²) in [5.74, 6) is 1.17. The Hall–Kier alpha value is -0.160. The summed E-state index contributed by atoms with van der Waals surface area (Å²) >= 11 is 0.